The molecule has 2 aromatic rings. The van der Waals surface area contributed by atoms with Gasteiger partial charge in [-0.25, -0.2) is 0 Å². The summed E-state index contributed by atoms with van der Waals surface area (Å²) in [7, 11) is 0. The van der Waals surface area contributed by atoms with E-state index < -0.39 is 0 Å². The lowest BCUT2D eigenvalue weighted by Gasteiger charge is -2.10. The number of hydrogen-bond donors (Lipinski definition) is 0. The Balaban J connectivity index is 2.53. The molecule has 2 rings (SSSR count). The average molecular weight is 197 g/mol. The van der Waals surface area contributed by atoms with Crippen molar-refractivity contribution >= 4 is 0 Å². The van der Waals surface area contributed by atoms with Gasteiger partial charge >= 0.3 is 0 Å². The smallest absolute Gasteiger partial charge is 0.113 e. The molecule has 15 heavy (non-hydrogen) atoms. The number of nitrogens with zero attached hydrogens (tertiary/aromatic N) is 2. The van der Waals surface area contributed by atoms with Crippen molar-refractivity contribution in [2.75, 3.05) is 0 Å². The van der Waals surface area contributed by atoms with Gasteiger partial charge in [0, 0.05) is 5.56 Å². The van der Waals surface area contributed by atoms with E-state index in [-0.39, 0.29) is 0 Å². The molecule has 2 heteroatoms. The Morgan fingerprint density at radius 1 is 1.13 bits per heavy atom. The molecule has 75 valence electrons. The second-order valence-electron chi connectivity index (χ2n) is 3.79. The average Bonchev–Trinajstić information content (AvgIpc) is 2.30. The van der Waals surface area contributed by atoms with Crippen LogP contribution in [0.5, 0.6) is 0 Å². The summed E-state index contributed by atoms with van der Waals surface area (Å²) in [6.45, 7) is 4.36. The van der Waals surface area contributed by atoms with E-state index in [1.165, 1.54) is 5.56 Å². The lowest BCUT2D eigenvalue weighted by molar-refractivity contribution is 0.866. The van der Waals surface area contributed by atoms with Crippen molar-refractivity contribution in [1.82, 2.24) is 10.2 Å². The lowest BCUT2D eigenvalue weighted by atomic mass is 9.95. The molecule has 0 N–H and O–H groups in total. The van der Waals surface area contributed by atoms with Crippen molar-refractivity contribution in [3.8, 4) is 11.3 Å². The van der Waals surface area contributed by atoms with Gasteiger partial charge in [-0.2, -0.15) is 0 Å². The maximum atomic E-state index is 4.09. The predicted octanol–water partition coefficient (Wildman–Crippen LogP) is 3.07. The summed E-state index contributed by atoms with van der Waals surface area (Å²) in [5, 5.41) is 7.87. The van der Waals surface area contributed by atoms with Crippen LogP contribution >= 0.6 is 0 Å². The largest absolute Gasteiger partial charge is 0.150 e. The summed E-state index contributed by atoms with van der Waals surface area (Å²) in [5.41, 5.74) is 3.38. The van der Waals surface area contributed by atoms with Crippen molar-refractivity contribution in [1.29, 1.82) is 0 Å². The fourth-order valence-corrected chi connectivity index (χ4v) is 1.64. The molecule has 0 bridgehead atoms. The van der Waals surface area contributed by atoms with E-state index in [2.05, 4.69) is 48.4 Å². The summed E-state index contributed by atoms with van der Waals surface area (Å²) >= 11 is 0. The van der Waals surface area contributed by atoms with Crippen LogP contribution in [0, 0.1) is 6.20 Å². The Morgan fingerprint density at radius 2 is 1.93 bits per heavy atom. The van der Waals surface area contributed by atoms with E-state index in [1.807, 2.05) is 12.1 Å². The standard InChI is InChI=1S/C13H13N2/c1-10(2)11-6-3-4-7-12(11)13-8-5-9-14-15-13/h3-8,10H,1-2H3. The van der Waals surface area contributed by atoms with Gasteiger partial charge in [0.1, 0.15) is 6.20 Å². The summed E-state index contributed by atoms with van der Waals surface area (Å²) in [4.78, 5) is 0. The first-order valence-electron chi connectivity index (χ1n) is 5.08. The lowest BCUT2D eigenvalue weighted by Crippen LogP contribution is -1.94. The molecule has 0 saturated heterocycles. The number of aromatic nitrogens is 2. The minimum absolute atomic E-state index is 0.493. The third-order valence-electron chi connectivity index (χ3n) is 2.39. The highest BCUT2D eigenvalue weighted by Crippen LogP contribution is 2.26. The van der Waals surface area contributed by atoms with Crippen LogP contribution < -0.4 is 0 Å². The van der Waals surface area contributed by atoms with Crippen LogP contribution in [0.4, 0.5) is 0 Å². The molecule has 1 radical (unpaired) electrons. The Labute approximate surface area is 90.0 Å². The highest BCUT2D eigenvalue weighted by molar-refractivity contribution is 5.63. The minimum atomic E-state index is 0.493. The van der Waals surface area contributed by atoms with Crippen LogP contribution in [0.15, 0.2) is 36.4 Å². The van der Waals surface area contributed by atoms with Gasteiger partial charge in [-0.05, 0) is 23.6 Å². The minimum Gasteiger partial charge on any atom is -0.150 e. The van der Waals surface area contributed by atoms with Gasteiger partial charge in [0.05, 0.1) is 5.69 Å². The van der Waals surface area contributed by atoms with Crippen molar-refractivity contribution in [2.24, 2.45) is 0 Å². The van der Waals surface area contributed by atoms with Crippen LogP contribution in [-0.2, 0) is 0 Å². The van der Waals surface area contributed by atoms with Crippen LogP contribution in [0.1, 0.15) is 25.3 Å². The number of rotatable bonds is 2. The van der Waals surface area contributed by atoms with E-state index in [9.17, 15) is 0 Å². The molecule has 2 nitrogen and oxygen atoms in total. The van der Waals surface area contributed by atoms with Crippen molar-refractivity contribution in [2.45, 2.75) is 19.8 Å². The molecule has 0 fully saturated rings. The molecule has 0 unspecified atom stereocenters. The molecule has 1 aromatic heterocycles. The topological polar surface area (TPSA) is 25.8 Å². The Bertz CT molecular complexity index is 435. The van der Waals surface area contributed by atoms with Gasteiger partial charge in [-0.1, -0.05) is 38.1 Å². The molecule has 0 spiro atoms. The third kappa shape index (κ3) is 2.04. The Morgan fingerprint density at radius 3 is 2.60 bits per heavy atom. The first-order valence-corrected chi connectivity index (χ1v) is 5.08. The molecule has 0 amide bonds. The van der Waals surface area contributed by atoms with E-state index >= 15 is 0 Å². The second kappa shape index (κ2) is 4.22. The highest BCUT2D eigenvalue weighted by atomic mass is 15.1. The molecule has 0 atom stereocenters. The first-order chi connectivity index (χ1) is 7.29. The van der Waals surface area contributed by atoms with Gasteiger partial charge in [-0.3, -0.25) is 0 Å². The highest BCUT2D eigenvalue weighted by Gasteiger charge is 2.08. The van der Waals surface area contributed by atoms with Gasteiger partial charge in [0.15, 0.2) is 0 Å². The van der Waals surface area contributed by atoms with Gasteiger partial charge < -0.3 is 0 Å². The van der Waals surface area contributed by atoms with Gasteiger partial charge in [0.25, 0.3) is 0 Å². The number of benzene rings is 1. The quantitative estimate of drug-likeness (QED) is 0.739. The van der Waals surface area contributed by atoms with Crippen molar-refractivity contribution in [3.05, 3.63) is 48.2 Å². The van der Waals surface area contributed by atoms with Crippen LogP contribution in [-0.4, -0.2) is 10.2 Å². The van der Waals surface area contributed by atoms with Crippen molar-refractivity contribution < 1.29 is 0 Å². The molecular weight excluding hydrogens is 184 g/mol. The van der Waals surface area contributed by atoms with E-state index in [0.717, 1.165) is 11.3 Å². The maximum absolute atomic E-state index is 4.09. The van der Waals surface area contributed by atoms with E-state index in [4.69, 9.17) is 0 Å². The molecule has 0 aliphatic heterocycles. The summed E-state index contributed by atoms with van der Waals surface area (Å²) in [6.07, 6.45) is 2.69. The van der Waals surface area contributed by atoms with Crippen LogP contribution in [0.2, 0.25) is 0 Å². The molecular formula is C13H13N2. The van der Waals surface area contributed by atoms with Gasteiger partial charge in [-0.15, -0.1) is 10.2 Å². The molecule has 1 heterocycles. The summed E-state index contributed by atoms with van der Waals surface area (Å²) in [5.74, 6) is 0.493. The third-order valence-corrected chi connectivity index (χ3v) is 2.39. The second-order valence-corrected chi connectivity index (χ2v) is 3.79. The fraction of sp³-hybridized carbons (Fsp3) is 0.231. The van der Waals surface area contributed by atoms with E-state index in [1.54, 1.807) is 6.07 Å². The molecule has 0 aliphatic rings. The van der Waals surface area contributed by atoms with Crippen LogP contribution in [0.3, 0.4) is 0 Å². The summed E-state index contributed by atoms with van der Waals surface area (Å²) < 4.78 is 0. The Kier molecular flexibility index (Phi) is 2.77. The SMILES string of the molecule is CC(C)c1ccccc1-c1cc[c]nn1. The first kappa shape index (κ1) is 9.84. The zero-order valence-electron chi connectivity index (χ0n) is 8.94. The maximum Gasteiger partial charge on any atom is 0.113 e. The zero-order valence-corrected chi connectivity index (χ0v) is 8.94. The predicted molar refractivity (Wildman–Crippen MR) is 60.4 cm³/mol. The molecule has 0 saturated carbocycles. The zero-order chi connectivity index (χ0) is 10.7. The normalized spacial score (nSPS) is 10.6. The summed E-state index contributed by atoms with van der Waals surface area (Å²) in [6, 6.07) is 12.0. The fourth-order valence-electron chi connectivity index (χ4n) is 1.64. The monoisotopic (exact) mass is 197 g/mol. The number of hydrogen-bond acceptors (Lipinski definition) is 2. The van der Waals surface area contributed by atoms with Crippen LogP contribution in [0.25, 0.3) is 11.3 Å². The van der Waals surface area contributed by atoms with Gasteiger partial charge in [0.2, 0.25) is 0 Å². The Hall–Kier alpha value is -1.70. The van der Waals surface area contributed by atoms with E-state index in [0.29, 0.717) is 5.92 Å². The molecule has 0 aliphatic carbocycles. The molecule has 1 aromatic carbocycles. The van der Waals surface area contributed by atoms with Crippen molar-refractivity contribution in [3.63, 3.8) is 0 Å².